The maximum Gasteiger partial charge on any atom is 0.308 e. The van der Waals surface area contributed by atoms with Gasteiger partial charge in [-0.1, -0.05) is 6.92 Å². The molecule has 1 aliphatic rings. The summed E-state index contributed by atoms with van der Waals surface area (Å²) in [6.07, 6.45) is 1.68. The Kier molecular flexibility index (Phi) is 3.11. The Labute approximate surface area is 105 Å². The molecule has 1 fully saturated rings. The third kappa shape index (κ3) is 2.10. The van der Waals surface area contributed by atoms with Crippen LogP contribution in [0.3, 0.4) is 0 Å². The van der Waals surface area contributed by atoms with Gasteiger partial charge < -0.3 is 10.0 Å². The molecule has 98 valence electrons. The molecule has 1 saturated heterocycles. The Hall–Kier alpha value is -1.85. The van der Waals surface area contributed by atoms with Gasteiger partial charge in [-0.2, -0.15) is 5.10 Å². The summed E-state index contributed by atoms with van der Waals surface area (Å²) in [6, 6.07) is 0. The molecule has 0 saturated carbocycles. The molecule has 2 rings (SSSR count). The number of carbonyl (C=O) groups is 2. The minimum absolute atomic E-state index is 0.0107. The predicted molar refractivity (Wildman–Crippen MR) is 64.1 cm³/mol. The molecule has 2 unspecified atom stereocenters. The van der Waals surface area contributed by atoms with Crippen molar-refractivity contribution in [3.8, 4) is 0 Å². The van der Waals surface area contributed by atoms with E-state index in [2.05, 4.69) is 5.10 Å². The Bertz CT molecular complexity index is 495. The maximum atomic E-state index is 12.3. The van der Waals surface area contributed by atoms with Crippen molar-refractivity contribution in [2.75, 3.05) is 13.1 Å². The molecule has 0 aromatic carbocycles. The lowest BCUT2D eigenvalue weighted by Gasteiger charge is -2.15. The third-order valence-electron chi connectivity index (χ3n) is 3.46. The van der Waals surface area contributed by atoms with Gasteiger partial charge in [0.25, 0.3) is 5.91 Å². The average Bonchev–Trinajstić information content (AvgIpc) is 2.81. The van der Waals surface area contributed by atoms with E-state index in [1.54, 1.807) is 29.7 Å². The fourth-order valence-corrected chi connectivity index (χ4v) is 2.43. The first-order valence-electron chi connectivity index (χ1n) is 5.92. The number of likely N-dealkylation sites (tertiary alicyclic amines) is 1. The van der Waals surface area contributed by atoms with Crippen LogP contribution < -0.4 is 0 Å². The largest absolute Gasteiger partial charge is 0.481 e. The van der Waals surface area contributed by atoms with Crippen LogP contribution in [0.4, 0.5) is 0 Å². The molecule has 1 aromatic heterocycles. The first-order valence-corrected chi connectivity index (χ1v) is 5.92. The molecular formula is C12H17N3O3. The van der Waals surface area contributed by atoms with Crippen LogP contribution in [0.2, 0.25) is 0 Å². The number of aromatic nitrogens is 2. The highest BCUT2D eigenvalue weighted by Crippen LogP contribution is 2.25. The van der Waals surface area contributed by atoms with E-state index in [0.717, 1.165) is 0 Å². The van der Waals surface area contributed by atoms with Crippen molar-refractivity contribution in [2.24, 2.45) is 18.9 Å². The van der Waals surface area contributed by atoms with Crippen molar-refractivity contribution in [1.82, 2.24) is 14.7 Å². The summed E-state index contributed by atoms with van der Waals surface area (Å²) in [5.74, 6) is -1.44. The lowest BCUT2D eigenvalue weighted by molar-refractivity contribution is -0.142. The molecule has 0 bridgehead atoms. The number of hydrogen-bond donors (Lipinski definition) is 1. The van der Waals surface area contributed by atoms with E-state index < -0.39 is 11.9 Å². The van der Waals surface area contributed by atoms with Crippen LogP contribution in [-0.4, -0.2) is 44.8 Å². The molecule has 6 heteroatoms. The number of carbonyl (C=O) groups excluding carboxylic acids is 1. The second kappa shape index (κ2) is 4.44. The van der Waals surface area contributed by atoms with Crippen molar-refractivity contribution in [2.45, 2.75) is 13.8 Å². The summed E-state index contributed by atoms with van der Waals surface area (Å²) in [4.78, 5) is 24.9. The monoisotopic (exact) mass is 251 g/mol. The Morgan fingerprint density at radius 2 is 2.11 bits per heavy atom. The minimum atomic E-state index is -0.833. The number of aryl methyl sites for hydroxylation is 2. The SMILES string of the molecule is Cc1nn(C)cc1C(=O)N1CC(C)C(C(=O)O)C1. The van der Waals surface area contributed by atoms with E-state index in [0.29, 0.717) is 17.8 Å². The zero-order chi connectivity index (χ0) is 13.4. The number of nitrogens with zero attached hydrogens (tertiary/aromatic N) is 3. The smallest absolute Gasteiger partial charge is 0.308 e. The van der Waals surface area contributed by atoms with Crippen LogP contribution in [-0.2, 0) is 11.8 Å². The van der Waals surface area contributed by atoms with Gasteiger partial charge in [0.15, 0.2) is 0 Å². The third-order valence-corrected chi connectivity index (χ3v) is 3.46. The molecule has 0 spiro atoms. The normalized spacial score (nSPS) is 23.4. The second-order valence-electron chi connectivity index (χ2n) is 4.93. The summed E-state index contributed by atoms with van der Waals surface area (Å²) in [7, 11) is 1.76. The number of carboxylic acids is 1. The Balaban J connectivity index is 2.17. The minimum Gasteiger partial charge on any atom is -0.481 e. The number of carboxylic acid groups (broad SMARTS) is 1. The molecular weight excluding hydrogens is 234 g/mol. The summed E-state index contributed by atoms with van der Waals surface area (Å²) in [6.45, 7) is 4.41. The number of hydrogen-bond acceptors (Lipinski definition) is 3. The summed E-state index contributed by atoms with van der Waals surface area (Å²) in [5, 5.41) is 13.2. The quantitative estimate of drug-likeness (QED) is 0.831. The first kappa shape index (κ1) is 12.6. The van der Waals surface area contributed by atoms with E-state index in [-0.39, 0.29) is 18.4 Å². The van der Waals surface area contributed by atoms with Crippen molar-refractivity contribution in [3.05, 3.63) is 17.5 Å². The van der Waals surface area contributed by atoms with Crippen LogP contribution in [0.5, 0.6) is 0 Å². The van der Waals surface area contributed by atoms with Gasteiger partial charge in [-0.25, -0.2) is 0 Å². The molecule has 2 atom stereocenters. The Morgan fingerprint density at radius 3 is 2.56 bits per heavy atom. The fourth-order valence-electron chi connectivity index (χ4n) is 2.43. The van der Waals surface area contributed by atoms with Crippen LogP contribution >= 0.6 is 0 Å². The highest BCUT2D eigenvalue weighted by atomic mass is 16.4. The standard InChI is InChI=1S/C12H17N3O3/c1-7-4-15(6-9(7)12(17)18)11(16)10-5-14(3)13-8(10)2/h5,7,9H,4,6H2,1-3H3,(H,17,18). The van der Waals surface area contributed by atoms with Crippen LogP contribution in [0.25, 0.3) is 0 Å². The van der Waals surface area contributed by atoms with Crippen molar-refractivity contribution in [3.63, 3.8) is 0 Å². The van der Waals surface area contributed by atoms with E-state index in [4.69, 9.17) is 5.11 Å². The first-order chi connectivity index (χ1) is 8.40. The lowest BCUT2D eigenvalue weighted by atomic mass is 9.99. The topological polar surface area (TPSA) is 75.4 Å². The maximum absolute atomic E-state index is 12.3. The number of amides is 1. The van der Waals surface area contributed by atoms with Gasteiger partial charge in [0.2, 0.25) is 0 Å². The second-order valence-corrected chi connectivity index (χ2v) is 4.93. The van der Waals surface area contributed by atoms with E-state index in [1.807, 2.05) is 6.92 Å². The zero-order valence-corrected chi connectivity index (χ0v) is 10.8. The zero-order valence-electron chi connectivity index (χ0n) is 10.8. The van der Waals surface area contributed by atoms with Gasteiger partial charge in [0.05, 0.1) is 17.2 Å². The lowest BCUT2D eigenvalue weighted by Crippen LogP contribution is -2.30. The van der Waals surface area contributed by atoms with Gasteiger partial charge in [-0.15, -0.1) is 0 Å². The van der Waals surface area contributed by atoms with E-state index in [1.165, 1.54) is 0 Å². The summed E-state index contributed by atoms with van der Waals surface area (Å²) < 4.78 is 1.59. The van der Waals surface area contributed by atoms with E-state index >= 15 is 0 Å². The summed E-state index contributed by atoms with van der Waals surface area (Å²) >= 11 is 0. The van der Waals surface area contributed by atoms with Crippen molar-refractivity contribution in [1.29, 1.82) is 0 Å². The van der Waals surface area contributed by atoms with E-state index in [9.17, 15) is 9.59 Å². The fraction of sp³-hybridized carbons (Fsp3) is 0.583. The molecule has 0 radical (unpaired) electrons. The van der Waals surface area contributed by atoms with Crippen LogP contribution in [0.1, 0.15) is 23.0 Å². The van der Waals surface area contributed by atoms with Crippen molar-refractivity contribution >= 4 is 11.9 Å². The molecule has 0 aliphatic carbocycles. The van der Waals surface area contributed by atoms with Gasteiger partial charge in [-0.3, -0.25) is 14.3 Å². The van der Waals surface area contributed by atoms with Gasteiger partial charge in [-0.05, 0) is 12.8 Å². The average molecular weight is 251 g/mol. The van der Waals surface area contributed by atoms with Crippen LogP contribution in [0.15, 0.2) is 6.20 Å². The van der Waals surface area contributed by atoms with Crippen LogP contribution in [0, 0.1) is 18.8 Å². The van der Waals surface area contributed by atoms with Gasteiger partial charge >= 0.3 is 5.97 Å². The van der Waals surface area contributed by atoms with Crippen molar-refractivity contribution < 1.29 is 14.7 Å². The summed E-state index contributed by atoms with van der Waals surface area (Å²) in [5.41, 5.74) is 1.23. The highest BCUT2D eigenvalue weighted by Gasteiger charge is 2.37. The molecule has 1 amide bonds. The molecule has 1 aliphatic heterocycles. The number of rotatable bonds is 2. The van der Waals surface area contributed by atoms with Gasteiger partial charge in [0, 0.05) is 26.3 Å². The molecule has 2 heterocycles. The number of aliphatic carboxylic acids is 1. The molecule has 1 aromatic rings. The molecule has 18 heavy (non-hydrogen) atoms. The predicted octanol–water partition coefficient (Wildman–Crippen LogP) is 0.521. The highest BCUT2D eigenvalue weighted by molar-refractivity contribution is 5.95. The molecule has 6 nitrogen and oxygen atoms in total. The van der Waals surface area contributed by atoms with Gasteiger partial charge in [0.1, 0.15) is 0 Å². The molecule has 1 N–H and O–H groups in total. The Morgan fingerprint density at radius 1 is 1.44 bits per heavy atom.